The molecule has 9 heteroatoms. The maximum atomic E-state index is 12.8. The first-order valence-electron chi connectivity index (χ1n) is 10.9. The number of likely N-dealkylation sites (tertiary alicyclic amines) is 1. The lowest BCUT2D eigenvalue weighted by Gasteiger charge is -2.32. The minimum atomic E-state index is -0.661. The quantitative estimate of drug-likeness (QED) is 0.609. The third-order valence-corrected chi connectivity index (χ3v) is 5.57. The van der Waals surface area contributed by atoms with Crippen molar-refractivity contribution in [2.75, 3.05) is 25.1 Å². The molecule has 1 aliphatic rings. The lowest BCUT2D eigenvalue weighted by Crippen LogP contribution is -2.53. The first kappa shape index (κ1) is 25.8. The lowest BCUT2D eigenvalue weighted by atomic mass is 10.0. The fraction of sp³-hybridized carbons (Fsp3) is 0.609. The number of carbonyl (C=O) groups excluding carboxylic acids is 3. The molecule has 1 fully saturated rings. The van der Waals surface area contributed by atoms with Gasteiger partial charge in [0.1, 0.15) is 18.2 Å². The molecule has 178 valence electrons. The number of amides is 3. The van der Waals surface area contributed by atoms with Gasteiger partial charge < -0.3 is 25.0 Å². The van der Waals surface area contributed by atoms with E-state index in [0.29, 0.717) is 32.4 Å². The van der Waals surface area contributed by atoms with Gasteiger partial charge in [0.15, 0.2) is 0 Å². The third-order valence-electron chi connectivity index (χ3n) is 4.92. The number of rotatable bonds is 8. The summed E-state index contributed by atoms with van der Waals surface area (Å²) in [5.74, 6) is 0.509. The molecule has 0 saturated carbocycles. The molecule has 0 spiro atoms. The highest BCUT2D eigenvalue weighted by molar-refractivity contribution is 7.98. The Balaban J connectivity index is 1.79. The molecule has 1 aromatic rings. The van der Waals surface area contributed by atoms with Crippen LogP contribution in [0.3, 0.4) is 0 Å². The Morgan fingerprint density at radius 3 is 2.41 bits per heavy atom. The predicted octanol–water partition coefficient (Wildman–Crippen LogP) is 3.55. The van der Waals surface area contributed by atoms with Gasteiger partial charge in [0, 0.05) is 19.1 Å². The number of alkyl carbamates (subject to hydrolysis) is 1. The molecular weight excluding hydrogens is 430 g/mol. The molecule has 1 saturated heterocycles. The summed E-state index contributed by atoms with van der Waals surface area (Å²) < 4.78 is 10.7. The summed E-state index contributed by atoms with van der Waals surface area (Å²) in [5.41, 5.74) is 0.309. The van der Waals surface area contributed by atoms with Crippen LogP contribution >= 0.6 is 11.8 Å². The largest absolute Gasteiger partial charge is 0.445 e. The third kappa shape index (κ3) is 9.38. The lowest BCUT2D eigenvalue weighted by molar-refractivity contribution is -0.124. The van der Waals surface area contributed by atoms with Crippen molar-refractivity contribution < 1.29 is 23.9 Å². The Morgan fingerprint density at radius 2 is 1.81 bits per heavy atom. The Hall–Kier alpha value is -2.42. The Kier molecular flexibility index (Phi) is 10.2. The number of piperidine rings is 1. The molecule has 0 radical (unpaired) electrons. The fourth-order valence-electron chi connectivity index (χ4n) is 3.27. The topological polar surface area (TPSA) is 97.0 Å². The fourth-order valence-corrected chi connectivity index (χ4v) is 3.74. The zero-order valence-electron chi connectivity index (χ0n) is 19.4. The second-order valence-electron chi connectivity index (χ2n) is 8.79. The number of ether oxygens (including phenoxy) is 2. The van der Waals surface area contributed by atoms with Crippen LogP contribution in [0.1, 0.15) is 45.6 Å². The normalized spacial score (nSPS) is 15.6. The van der Waals surface area contributed by atoms with Gasteiger partial charge in [-0.1, -0.05) is 30.3 Å². The first-order valence-corrected chi connectivity index (χ1v) is 12.3. The van der Waals surface area contributed by atoms with Gasteiger partial charge in [-0.15, -0.1) is 0 Å². The number of thioether (sulfide) groups is 1. The van der Waals surface area contributed by atoms with Gasteiger partial charge in [-0.05, 0) is 57.6 Å². The van der Waals surface area contributed by atoms with Crippen molar-refractivity contribution in [1.82, 2.24) is 15.5 Å². The smallest absolute Gasteiger partial charge is 0.410 e. The second-order valence-corrected chi connectivity index (χ2v) is 9.78. The maximum absolute atomic E-state index is 12.8. The highest BCUT2D eigenvalue weighted by Gasteiger charge is 2.29. The van der Waals surface area contributed by atoms with Crippen molar-refractivity contribution in [3.05, 3.63) is 35.9 Å². The molecule has 0 aliphatic carbocycles. The van der Waals surface area contributed by atoms with Crippen LogP contribution in [0.25, 0.3) is 0 Å². The Bertz CT molecular complexity index is 746. The minimum Gasteiger partial charge on any atom is -0.445 e. The summed E-state index contributed by atoms with van der Waals surface area (Å²) in [5, 5.41) is 5.70. The van der Waals surface area contributed by atoms with Crippen LogP contribution in [0.4, 0.5) is 9.59 Å². The van der Waals surface area contributed by atoms with E-state index in [1.54, 1.807) is 37.4 Å². The number of hydrogen-bond donors (Lipinski definition) is 2. The molecular formula is C23H35N3O5S. The molecule has 2 N–H and O–H groups in total. The van der Waals surface area contributed by atoms with Crippen LogP contribution in [0.2, 0.25) is 0 Å². The van der Waals surface area contributed by atoms with Gasteiger partial charge in [-0.2, -0.15) is 11.8 Å². The molecule has 1 aromatic carbocycles. The van der Waals surface area contributed by atoms with Crippen LogP contribution in [0, 0.1) is 0 Å². The molecule has 0 unspecified atom stereocenters. The van der Waals surface area contributed by atoms with Gasteiger partial charge in [0.25, 0.3) is 0 Å². The van der Waals surface area contributed by atoms with Gasteiger partial charge in [0.2, 0.25) is 5.91 Å². The molecule has 3 amide bonds. The van der Waals surface area contributed by atoms with Gasteiger partial charge >= 0.3 is 12.2 Å². The molecule has 1 atom stereocenters. The molecule has 0 bridgehead atoms. The monoisotopic (exact) mass is 465 g/mol. The molecule has 1 aliphatic heterocycles. The van der Waals surface area contributed by atoms with E-state index < -0.39 is 17.7 Å². The predicted molar refractivity (Wildman–Crippen MR) is 126 cm³/mol. The van der Waals surface area contributed by atoms with Crippen molar-refractivity contribution in [2.24, 2.45) is 0 Å². The number of hydrogen-bond acceptors (Lipinski definition) is 6. The standard InChI is InChI=1S/C23H35N3O5S/c1-23(2,3)31-21(28)25-19(12-15-32-4)20(27)24-18-10-13-26(14-11-18)22(29)30-16-17-8-6-5-7-9-17/h5-9,18-19H,10-16H2,1-4H3,(H,24,27)(H,25,28)/t19-/m0/s1. The van der Waals surface area contributed by atoms with E-state index >= 15 is 0 Å². The SMILES string of the molecule is CSCC[C@H](NC(=O)OC(C)(C)C)C(=O)NC1CCN(C(=O)OCc2ccccc2)CC1. The van der Waals surface area contributed by atoms with Crippen LogP contribution in [0.5, 0.6) is 0 Å². The van der Waals surface area contributed by atoms with E-state index in [0.717, 1.165) is 11.3 Å². The van der Waals surface area contributed by atoms with Gasteiger partial charge in [0.05, 0.1) is 0 Å². The van der Waals surface area contributed by atoms with Gasteiger partial charge in [-0.25, -0.2) is 9.59 Å². The molecule has 0 aromatic heterocycles. The van der Waals surface area contributed by atoms with E-state index in [1.807, 2.05) is 36.6 Å². The minimum absolute atomic E-state index is 0.0575. The van der Waals surface area contributed by atoms with E-state index in [-0.39, 0.29) is 24.6 Å². The summed E-state index contributed by atoms with van der Waals surface area (Å²) in [4.78, 5) is 38.9. The van der Waals surface area contributed by atoms with Crippen molar-refractivity contribution in [3.63, 3.8) is 0 Å². The van der Waals surface area contributed by atoms with Crippen molar-refractivity contribution in [1.29, 1.82) is 0 Å². The average Bonchev–Trinajstić information content (AvgIpc) is 2.75. The van der Waals surface area contributed by atoms with Gasteiger partial charge in [-0.3, -0.25) is 4.79 Å². The first-order chi connectivity index (χ1) is 15.2. The van der Waals surface area contributed by atoms with Crippen LogP contribution < -0.4 is 10.6 Å². The van der Waals surface area contributed by atoms with Crippen LogP contribution in [-0.4, -0.2) is 65.8 Å². The maximum Gasteiger partial charge on any atom is 0.410 e. The highest BCUT2D eigenvalue weighted by Crippen LogP contribution is 2.14. The number of nitrogens with one attached hydrogen (secondary N) is 2. The van der Waals surface area contributed by atoms with E-state index in [9.17, 15) is 14.4 Å². The zero-order chi connectivity index (χ0) is 23.6. The van der Waals surface area contributed by atoms with Crippen molar-refractivity contribution >= 4 is 29.9 Å². The molecule has 8 nitrogen and oxygen atoms in total. The second kappa shape index (κ2) is 12.6. The van der Waals surface area contributed by atoms with Crippen molar-refractivity contribution in [3.8, 4) is 0 Å². The summed E-state index contributed by atoms with van der Waals surface area (Å²) >= 11 is 1.61. The Morgan fingerprint density at radius 1 is 1.16 bits per heavy atom. The van der Waals surface area contributed by atoms with E-state index in [4.69, 9.17) is 9.47 Å². The molecule has 2 rings (SSSR count). The van der Waals surface area contributed by atoms with Crippen LogP contribution in [-0.2, 0) is 20.9 Å². The van der Waals surface area contributed by atoms with E-state index in [1.165, 1.54) is 0 Å². The summed E-state index contributed by atoms with van der Waals surface area (Å²) in [6.45, 7) is 6.59. The number of carbonyl (C=O) groups is 3. The Labute approximate surface area is 194 Å². The summed E-state index contributed by atoms with van der Waals surface area (Å²) in [7, 11) is 0. The molecule has 32 heavy (non-hydrogen) atoms. The molecule has 1 heterocycles. The highest BCUT2D eigenvalue weighted by atomic mass is 32.2. The summed E-state index contributed by atoms with van der Waals surface area (Å²) in [6, 6.07) is 8.83. The number of benzene rings is 1. The van der Waals surface area contributed by atoms with E-state index in [2.05, 4.69) is 10.6 Å². The van der Waals surface area contributed by atoms with Crippen molar-refractivity contribution in [2.45, 2.75) is 64.3 Å². The summed E-state index contributed by atoms with van der Waals surface area (Å²) in [6.07, 6.45) is 2.78. The average molecular weight is 466 g/mol. The number of nitrogens with zero attached hydrogens (tertiary/aromatic N) is 1. The zero-order valence-corrected chi connectivity index (χ0v) is 20.2. The van der Waals surface area contributed by atoms with Crippen LogP contribution in [0.15, 0.2) is 30.3 Å².